The summed E-state index contributed by atoms with van der Waals surface area (Å²) in [4.78, 5) is 9.42. The maximum atomic E-state index is 5.41. The van der Waals surface area contributed by atoms with Gasteiger partial charge in [-0.05, 0) is 64.1 Å². The Labute approximate surface area is 196 Å². The highest BCUT2D eigenvalue weighted by Gasteiger charge is 2.40. The molecule has 32 heavy (non-hydrogen) atoms. The largest absolute Gasteiger partial charge is 0.442 e. The SMILES string of the molecule is CCC/C(=N\N=C(/C)c1ocnc1C)SCCCN1CC2CCN(c3ccccc3)C2C1. The lowest BCUT2D eigenvalue weighted by molar-refractivity contribution is 0.319. The van der Waals surface area contributed by atoms with Crippen molar-refractivity contribution in [3.05, 3.63) is 48.2 Å². The molecule has 3 heterocycles. The fourth-order valence-corrected chi connectivity index (χ4v) is 5.80. The number of anilines is 1. The first kappa shape index (κ1) is 23.1. The van der Waals surface area contributed by atoms with Gasteiger partial charge in [0.1, 0.15) is 5.71 Å². The lowest BCUT2D eigenvalue weighted by Crippen LogP contribution is -2.35. The molecule has 0 spiro atoms. The van der Waals surface area contributed by atoms with Crippen LogP contribution in [0, 0.1) is 12.8 Å². The van der Waals surface area contributed by atoms with E-state index in [0.717, 1.165) is 46.7 Å². The number of aryl methyl sites for hydroxylation is 1. The molecule has 0 N–H and O–H groups in total. The van der Waals surface area contributed by atoms with Gasteiger partial charge in [0.05, 0.1) is 10.7 Å². The van der Waals surface area contributed by atoms with Crippen molar-refractivity contribution in [2.75, 3.05) is 36.8 Å². The van der Waals surface area contributed by atoms with Gasteiger partial charge < -0.3 is 14.2 Å². The second-order valence-electron chi connectivity index (χ2n) is 8.80. The molecule has 2 unspecified atom stereocenters. The van der Waals surface area contributed by atoms with Gasteiger partial charge >= 0.3 is 0 Å². The summed E-state index contributed by atoms with van der Waals surface area (Å²) in [5.41, 5.74) is 3.02. The standard InChI is InChI=1S/C25H35N5OS/c1-4-9-24(28-27-20(3)25-19(2)26-18-31-25)32-15-8-13-29-16-21-12-14-30(23(21)17-29)22-10-6-5-7-11-22/h5-7,10-11,18,21,23H,4,8-9,12-17H2,1-3H3/b27-20+,28-24+. The smallest absolute Gasteiger partial charge is 0.181 e. The predicted octanol–water partition coefficient (Wildman–Crippen LogP) is 5.24. The molecule has 2 atom stereocenters. The molecular weight excluding hydrogens is 418 g/mol. The number of benzene rings is 1. The molecule has 0 radical (unpaired) electrons. The Morgan fingerprint density at radius 1 is 1.22 bits per heavy atom. The van der Waals surface area contributed by atoms with Crippen LogP contribution in [0.1, 0.15) is 51.0 Å². The Morgan fingerprint density at radius 2 is 2.06 bits per heavy atom. The van der Waals surface area contributed by atoms with Crippen molar-refractivity contribution >= 4 is 28.2 Å². The average molecular weight is 454 g/mol. The molecule has 2 aliphatic rings. The van der Waals surface area contributed by atoms with Gasteiger partial charge in [0.2, 0.25) is 0 Å². The van der Waals surface area contributed by atoms with Gasteiger partial charge in [0.15, 0.2) is 12.2 Å². The van der Waals surface area contributed by atoms with E-state index >= 15 is 0 Å². The summed E-state index contributed by atoms with van der Waals surface area (Å²) in [6, 6.07) is 11.6. The van der Waals surface area contributed by atoms with Crippen LogP contribution in [0.2, 0.25) is 0 Å². The fourth-order valence-electron chi connectivity index (χ4n) is 4.84. The van der Waals surface area contributed by atoms with E-state index in [1.165, 1.54) is 51.1 Å². The first-order chi connectivity index (χ1) is 15.7. The normalized spacial score (nSPS) is 22.0. The fraction of sp³-hybridized carbons (Fsp3) is 0.560. The monoisotopic (exact) mass is 453 g/mol. The number of aromatic nitrogens is 1. The lowest BCUT2D eigenvalue weighted by Gasteiger charge is -2.27. The third kappa shape index (κ3) is 5.62. The van der Waals surface area contributed by atoms with Crippen LogP contribution in [0.15, 0.2) is 51.3 Å². The zero-order chi connectivity index (χ0) is 22.3. The topological polar surface area (TPSA) is 57.2 Å². The van der Waals surface area contributed by atoms with Gasteiger partial charge in [0, 0.05) is 37.1 Å². The van der Waals surface area contributed by atoms with Gasteiger partial charge in [-0.15, -0.1) is 16.9 Å². The van der Waals surface area contributed by atoms with Crippen molar-refractivity contribution < 1.29 is 4.42 Å². The van der Waals surface area contributed by atoms with Crippen LogP contribution in [0.3, 0.4) is 0 Å². The molecule has 0 aliphatic carbocycles. The summed E-state index contributed by atoms with van der Waals surface area (Å²) in [5.74, 6) is 2.62. The molecule has 6 nitrogen and oxygen atoms in total. The third-order valence-corrected chi connectivity index (χ3v) is 7.56. The summed E-state index contributed by atoms with van der Waals surface area (Å²) < 4.78 is 5.41. The van der Waals surface area contributed by atoms with Crippen molar-refractivity contribution in [3.8, 4) is 0 Å². The molecule has 2 aromatic rings. The van der Waals surface area contributed by atoms with Crippen LogP contribution in [0.4, 0.5) is 5.69 Å². The Balaban J connectivity index is 1.24. The molecule has 2 saturated heterocycles. The molecule has 2 fully saturated rings. The molecule has 7 heteroatoms. The molecule has 0 bridgehead atoms. The zero-order valence-corrected chi connectivity index (χ0v) is 20.4. The molecule has 2 aliphatic heterocycles. The highest BCUT2D eigenvalue weighted by atomic mass is 32.2. The maximum Gasteiger partial charge on any atom is 0.181 e. The molecule has 0 saturated carbocycles. The predicted molar refractivity (Wildman–Crippen MR) is 135 cm³/mol. The third-order valence-electron chi connectivity index (χ3n) is 6.45. The van der Waals surface area contributed by atoms with Gasteiger partial charge in [-0.3, -0.25) is 0 Å². The van der Waals surface area contributed by atoms with E-state index in [9.17, 15) is 0 Å². The van der Waals surface area contributed by atoms with Gasteiger partial charge in [0.25, 0.3) is 0 Å². The van der Waals surface area contributed by atoms with E-state index in [2.05, 4.69) is 62.2 Å². The highest BCUT2D eigenvalue weighted by Crippen LogP contribution is 2.35. The van der Waals surface area contributed by atoms with Crippen LogP contribution in [0.5, 0.6) is 0 Å². The van der Waals surface area contributed by atoms with Crippen molar-refractivity contribution in [2.24, 2.45) is 16.1 Å². The molecule has 1 aromatic heterocycles. The molecule has 172 valence electrons. The quantitative estimate of drug-likeness (QED) is 0.225. The number of hydrogen-bond acceptors (Lipinski definition) is 7. The zero-order valence-electron chi connectivity index (χ0n) is 19.5. The van der Waals surface area contributed by atoms with Gasteiger partial charge in [-0.2, -0.15) is 5.10 Å². The minimum atomic E-state index is 0.680. The summed E-state index contributed by atoms with van der Waals surface area (Å²) in [7, 11) is 0. The molecule has 4 rings (SSSR count). The molecule has 0 amide bonds. The minimum Gasteiger partial charge on any atom is -0.442 e. The summed E-state index contributed by atoms with van der Waals surface area (Å²) in [6.45, 7) is 10.8. The molecular formula is C25H35N5OS. The van der Waals surface area contributed by atoms with E-state index in [0.29, 0.717) is 6.04 Å². The number of para-hydroxylation sites is 1. The van der Waals surface area contributed by atoms with Crippen LogP contribution >= 0.6 is 11.8 Å². The number of nitrogens with zero attached hydrogens (tertiary/aromatic N) is 5. The number of rotatable bonds is 9. The summed E-state index contributed by atoms with van der Waals surface area (Å²) in [6.07, 6.45) is 6.01. The average Bonchev–Trinajstić information content (AvgIpc) is 3.51. The number of thioether (sulfide) groups is 1. The lowest BCUT2D eigenvalue weighted by atomic mass is 10.1. The minimum absolute atomic E-state index is 0.680. The van der Waals surface area contributed by atoms with E-state index in [1.54, 1.807) is 0 Å². The maximum absolute atomic E-state index is 5.41. The summed E-state index contributed by atoms with van der Waals surface area (Å²) in [5, 5.41) is 10.1. The van der Waals surface area contributed by atoms with Crippen LogP contribution in [0.25, 0.3) is 0 Å². The van der Waals surface area contributed by atoms with E-state index in [4.69, 9.17) is 4.42 Å². The van der Waals surface area contributed by atoms with E-state index in [1.807, 2.05) is 25.6 Å². The van der Waals surface area contributed by atoms with Crippen molar-refractivity contribution in [2.45, 2.75) is 52.5 Å². The van der Waals surface area contributed by atoms with Crippen LogP contribution in [-0.4, -0.2) is 58.6 Å². The van der Waals surface area contributed by atoms with Crippen LogP contribution in [-0.2, 0) is 0 Å². The van der Waals surface area contributed by atoms with Gasteiger partial charge in [-0.1, -0.05) is 25.1 Å². The first-order valence-electron chi connectivity index (χ1n) is 11.8. The van der Waals surface area contributed by atoms with E-state index < -0.39 is 0 Å². The number of hydrogen-bond donors (Lipinski definition) is 0. The number of oxazole rings is 1. The Kier molecular flexibility index (Phi) is 8.03. The van der Waals surface area contributed by atoms with Crippen molar-refractivity contribution in [1.82, 2.24) is 9.88 Å². The number of likely N-dealkylation sites (tertiary alicyclic amines) is 1. The Bertz CT molecular complexity index is 925. The number of fused-ring (bicyclic) bond motifs is 1. The van der Waals surface area contributed by atoms with Crippen molar-refractivity contribution in [3.63, 3.8) is 0 Å². The Hall–Kier alpha value is -2.12. The first-order valence-corrected chi connectivity index (χ1v) is 12.8. The van der Waals surface area contributed by atoms with E-state index in [-0.39, 0.29) is 0 Å². The Morgan fingerprint density at radius 3 is 2.81 bits per heavy atom. The van der Waals surface area contributed by atoms with Crippen LogP contribution < -0.4 is 4.90 Å². The summed E-state index contributed by atoms with van der Waals surface area (Å²) >= 11 is 1.85. The second-order valence-corrected chi connectivity index (χ2v) is 9.97. The highest BCUT2D eigenvalue weighted by molar-refractivity contribution is 8.13. The molecule has 1 aromatic carbocycles. The van der Waals surface area contributed by atoms with Gasteiger partial charge in [-0.25, -0.2) is 4.98 Å². The van der Waals surface area contributed by atoms with Crippen molar-refractivity contribution in [1.29, 1.82) is 0 Å². The second kappa shape index (κ2) is 11.1.